The van der Waals surface area contributed by atoms with E-state index in [2.05, 4.69) is 26.8 Å². The Morgan fingerprint density at radius 2 is 2.27 bits per heavy atom. The van der Waals surface area contributed by atoms with E-state index in [9.17, 15) is 9.90 Å². The highest BCUT2D eigenvalue weighted by atomic mass is 16.3. The van der Waals surface area contributed by atoms with Crippen molar-refractivity contribution in [2.24, 2.45) is 11.3 Å². The van der Waals surface area contributed by atoms with Crippen LogP contribution >= 0.6 is 0 Å². The molecular formula is C13H22O2. The number of rotatable bonds is 3. The number of hydrogen-bond acceptors (Lipinski definition) is 2. The molecule has 0 aromatic rings. The van der Waals surface area contributed by atoms with Crippen LogP contribution in [0.25, 0.3) is 0 Å². The molecule has 1 aliphatic rings. The molecule has 0 heterocycles. The summed E-state index contributed by atoms with van der Waals surface area (Å²) in [6, 6.07) is 0. The molecule has 1 N–H and O–H groups in total. The van der Waals surface area contributed by atoms with Crippen LogP contribution in [0.2, 0.25) is 0 Å². The SMILES string of the molecule is CC(=O)C[C@H](O)[C@H]1C(C)=CCCC1(C)C. The first-order valence-electron chi connectivity index (χ1n) is 5.69. The fourth-order valence-corrected chi connectivity index (χ4v) is 2.81. The Bertz CT molecular complexity index is 276. The van der Waals surface area contributed by atoms with Gasteiger partial charge >= 0.3 is 0 Å². The summed E-state index contributed by atoms with van der Waals surface area (Å²) in [4.78, 5) is 11.0. The molecule has 0 aromatic carbocycles. The largest absolute Gasteiger partial charge is 0.392 e. The summed E-state index contributed by atoms with van der Waals surface area (Å²) in [6.07, 6.45) is 4.12. The molecule has 0 aromatic heterocycles. The second-order valence-corrected chi connectivity index (χ2v) is 5.43. The highest BCUT2D eigenvalue weighted by molar-refractivity contribution is 5.76. The van der Waals surface area contributed by atoms with E-state index in [0.717, 1.165) is 12.8 Å². The Morgan fingerprint density at radius 3 is 2.73 bits per heavy atom. The zero-order valence-electron chi connectivity index (χ0n) is 10.2. The van der Waals surface area contributed by atoms with Crippen molar-refractivity contribution < 1.29 is 9.90 Å². The summed E-state index contributed by atoms with van der Waals surface area (Å²) >= 11 is 0. The van der Waals surface area contributed by atoms with E-state index in [0.29, 0.717) is 0 Å². The number of allylic oxidation sites excluding steroid dienone is 1. The monoisotopic (exact) mass is 210 g/mol. The van der Waals surface area contributed by atoms with Crippen molar-refractivity contribution in [2.45, 2.75) is 53.1 Å². The molecule has 0 aliphatic heterocycles. The van der Waals surface area contributed by atoms with Gasteiger partial charge in [-0.05, 0) is 32.1 Å². The molecule has 2 heteroatoms. The first-order valence-corrected chi connectivity index (χ1v) is 5.69. The molecule has 0 fully saturated rings. The van der Waals surface area contributed by atoms with E-state index < -0.39 is 6.10 Å². The topological polar surface area (TPSA) is 37.3 Å². The Morgan fingerprint density at radius 1 is 1.67 bits per heavy atom. The number of aliphatic hydroxyl groups excluding tert-OH is 1. The smallest absolute Gasteiger partial charge is 0.132 e. The number of carbonyl (C=O) groups excluding carboxylic acids is 1. The molecule has 2 nitrogen and oxygen atoms in total. The van der Waals surface area contributed by atoms with E-state index >= 15 is 0 Å². The van der Waals surface area contributed by atoms with Gasteiger partial charge < -0.3 is 5.11 Å². The van der Waals surface area contributed by atoms with Crippen molar-refractivity contribution in [1.29, 1.82) is 0 Å². The molecule has 15 heavy (non-hydrogen) atoms. The average Bonchev–Trinajstić information content (AvgIpc) is 1.99. The summed E-state index contributed by atoms with van der Waals surface area (Å²) in [5, 5.41) is 10.1. The van der Waals surface area contributed by atoms with Crippen LogP contribution in [0.5, 0.6) is 0 Å². The number of hydrogen-bond donors (Lipinski definition) is 1. The second kappa shape index (κ2) is 4.48. The van der Waals surface area contributed by atoms with Gasteiger partial charge in [-0.25, -0.2) is 0 Å². The van der Waals surface area contributed by atoms with Gasteiger partial charge in [-0.1, -0.05) is 25.5 Å². The Hall–Kier alpha value is -0.630. The first kappa shape index (κ1) is 12.4. The lowest BCUT2D eigenvalue weighted by atomic mass is 9.66. The molecule has 1 rings (SSSR count). The van der Waals surface area contributed by atoms with Crippen LogP contribution in [0.4, 0.5) is 0 Å². The average molecular weight is 210 g/mol. The van der Waals surface area contributed by atoms with Gasteiger partial charge in [0.15, 0.2) is 0 Å². The van der Waals surface area contributed by atoms with Crippen LogP contribution in [0.3, 0.4) is 0 Å². The molecule has 2 atom stereocenters. The predicted octanol–water partition coefficient (Wildman–Crippen LogP) is 2.71. The molecule has 0 radical (unpaired) electrons. The standard InChI is InChI=1S/C13H22O2/c1-9-6-5-7-13(3,4)12(9)11(15)8-10(2)14/h6,11-12,15H,5,7-8H2,1-4H3/t11-,12+/m0/s1. The minimum absolute atomic E-state index is 0.0664. The molecular weight excluding hydrogens is 188 g/mol. The number of ketones is 1. The van der Waals surface area contributed by atoms with Crippen molar-refractivity contribution in [2.75, 3.05) is 0 Å². The zero-order valence-corrected chi connectivity index (χ0v) is 10.2. The third-order valence-electron chi connectivity index (χ3n) is 3.47. The molecule has 0 bridgehead atoms. The van der Waals surface area contributed by atoms with Crippen LogP contribution in [0.15, 0.2) is 11.6 Å². The number of aliphatic hydroxyl groups is 1. The maximum Gasteiger partial charge on any atom is 0.132 e. The van der Waals surface area contributed by atoms with Crippen molar-refractivity contribution in [3.63, 3.8) is 0 Å². The fourth-order valence-electron chi connectivity index (χ4n) is 2.81. The summed E-state index contributed by atoms with van der Waals surface area (Å²) in [5.41, 5.74) is 1.34. The van der Waals surface area contributed by atoms with Crippen LogP contribution in [-0.4, -0.2) is 17.0 Å². The fraction of sp³-hybridized carbons (Fsp3) is 0.769. The van der Waals surface area contributed by atoms with Crippen molar-refractivity contribution in [3.05, 3.63) is 11.6 Å². The van der Waals surface area contributed by atoms with E-state index in [4.69, 9.17) is 0 Å². The minimum Gasteiger partial charge on any atom is -0.392 e. The normalized spacial score (nSPS) is 27.0. The number of Topliss-reactive ketones (excluding diaryl/α,β-unsaturated/α-hetero) is 1. The highest BCUT2D eigenvalue weighted by Gasteiger charge is 2.37. The molecule has 86 valence electrons. The van der Waals surface area contributed by atoms with Gasteiger partial charge in [0.05, 0.1) is 6.10 Å². The van der Waals surface area contributed by atoms with Gasteiger partial charge in [-0.15, -0.1) is 0 Å². The lowest BCUT2D eigenvalue weighted by molar-refractivity contribution is -0.120. The predicted molar refractivity (Wildman–Crippen MR) is 61.6 cm³/mol. The quantitative estimate of drug-likeness (QED) is 0.727. The van der Waals surface area contributed by atoms with Gasteiger partial charge in [0.2, 0.25) is 0 Å². The molecule has 0 unspecified atom stereocenters. The summed E-state index contributed by atoms with van der Waals surface area (Å²) in [6.45, 7) is 7.96. The lowest BCUT2D eigenvalue weighted by Gasteiger charge is -2.41. The van der Waals surface area contributed by atoms with Crippen LogP contribution < -0.4 is 0 Å². The minimum atomic E-state index is -0.519. The van der Waals surface area contributed by atoms with Gasteiger partial charge in [0.25, 0.3) is 0 Å². The van der Waals surface area contributed by atoms with Gasteiger partial charge in [0.1, 0.15) is 5.78 Å². The van der Waals surface area contributed by atoms with Gasteiger partial charge in [0, 0.05) is 12.3 Å². The Balaban J connectivity index is 2.83. The summed E-state index contributed by atoms with van der Waals surface area (Å²) in [7, 11) is 0. The maximum absolute atomic E-state index is 11.0. The first-order chi connectivity index (χ1) is 6.84. The van der Waals surface area contributed by atoms with Gasteiger partial charge in [-0.2, -0.15) is 0 Å². The highest BCUT2D eigenvalue weighted by Crippen LogP contribution is 2.43. The van der Waals surface area contributed by atoms with Crippen molar-refractivity contribution in [1.82, 2.24) is 0 Å². The maximum atomic E-state index is 11.0. The van der Waals surface area contributed by atoms with E-state index in [1.54, 1.807) is 0 Å². The summed E-state index contributed by atoms with van der Waals surface area (Å²) < 4.78 is 0. The van der Waals surface area contributed by atoms with Crippen molar-refractivity contribution >= 4 is 5.78 Å². The molecule has 0 saturated carbocycles. The molecule has 1 aliphatic carbocycles. The van der Waals surface area contributed by atoms with Crippen molar-refractivity contribution in [3.8, 4) is 0 Å². The Labute approximate surface area is 92.4 Å². The molecule has 0 spiro atoms. The third kappa shape index (κ3) is 2.91. The third-order valence-corrected chi connectivity index (χ3v) is 3.47. The van der Waals surface area contributed by atoms with E-state index in [1.807, 2.05) is 0 Å². The number of carbonyl (C=O) groups is 1. The van der Waals surface area contributed by atoms with Gasteiger partial charge in [-0.3, -0.25) is 4.79 Å². The van der Waals surface area contributed by atoms with E-state index in [-0.39, 0.29) is 23.5 Å². The van der Waals surface area contributed by atoms with Crippen LogP contribution in [0, 0.1) is 11.3 Å². The molecule has 0 amide bonds. The lowest BCUT2D eigenvalue weighted by Crippen LogP contribution is -2.37. The van der Waals surface area contributed by atoms with Crippen LogP contribution in [-0.2, 0) is 4.79 Å². The molecule has 0 saturated heterocycles. The zero-order chi connectivity index (χ0) is 11.6. The van der Waals surface area contributed by atoms with E-state index in [1.165, 1.54) is 12.5 Å². The van der Waals surface area contributed by atoms with Crippen LogP contribution in [0.1, 0.15) is 47.0 Å². The summed E-state index contributed by atoms with van der Waals surface area (Å²) in [5.74, 6) is 0.201. The Kier molecular flexibility index (Phi) is 3.72. The second-order valence-electron chi connectivity index (χ2n) is 5.43.